The molecule has 4 heteroatoms. The van der Waals surface area contributed by atoms with Crippen LogP contribution in [0.15, 0.2) is 24.3 Å². The molecule has 1 atom stereocenters. The Morgan fingerprint density at radius 2 is 0.896 bits per heavy atom. The zero-order valence-corrected chi connectivity index (χ0v) is 32.5. The van der Waals surface area contributed by atoms with Gasteiger partial charge in [-0.1, -0.05) is 205 Å². The fraction of sp³-hybridized carbons (Fsp3) is 0.886. The molecule has 0 aromatic heterocycles. The summed E-state index contributed by atoms with van der Waals surface area (Å²) in [4.78, 5) is 12.2. The molecule has 0 fully saturated rings. The van der Waals surface area contributed by atoms with Crippen LogP contribution in [0.3, 0.4) is 0 Å². The number of hydrogen-bond donors (Lipinski definition) is 1. The second-order valence-corrected chi connectivity index (χ2v) is 14.4. The molecule has 0 aromatic carbocycles. The van der Waals surface area contributed by atoms with E-state index in [1.165, 1.54) is 180 Å². The van der Waals surface area contributed by atoms with Crippen LogP contribution >= 0.6 is 0 Å². The molecule has 0 aliphatic heterocycles. The van der Waals surface area contributed by atoms with Crippen molar-refractivity contribution >= 4 is 5.97 Å². The van der Waals surface area contributed by atoms with Crippen LogP contribution in [0.25, 0.3) is 0 Å². The molecule has 0 aliphatic rings. The lowest BCUT2D eigenvalue weighted by Gasteiger charge is -2.15. The first-order chi connectivity index (χ1) is 23.7. The normalized spacial score (nSPS) is 12.5. The fourth-order valence-corrected chi connectivity index (χ4v) is 6.29. The third kappa shape index (κ3) is 39.3. The van der Waals surface area contributed by atoms with Crippen molar-refractivity contribution in [1.29, 1.82) is 0 Å². The standard InChI is InChI=1S/C44H84O4/c1-3-5-7-9-11-13-15-17-19-20-21-22-23-24-25-27-29-31-33-35-37-39-44(46)48-43(41-45)42-47-40-38-36-34-32-30-28-26-18-16-14-12-10-8-6-4-2/h10,12,16,18,43,45H,3-9,11,13-15,17,19-42H2,1-2H3/b12-10-,18-16-. The molecule has 0 bridgehead atoms. The maximum atomic E-state index is 12.2. The lowest BCUT2D eigenvalue weighted by atomic mass is 10.0. The Labute approximate surface area is 300 Å². The summed E-state index contributed by atoms with van der Waals surface area (Å²) in [5.41, 5.74) is 0. The van der Waals surface area contributed by atoms with E-state index < -0.39 is 6.10 Å². The molecular weight excluding hydrogens is 592 g/mol. The molecule has 284 valence electrons. The first kappa shape index (κ1) is 46.9. The molecule has 0 heterocycles. The fourth-order valence-electron chi connectivity index (χ4n) is 6.29. The van der Waals surface area contributed by atoms with E-state index in [0.717, 1.165) is 25.7 Å². The van der Waals surface area contributed by atoms with Crippen molar-refractivity contribution < 1.29 is 19.4 Å². The topological polar surface area (TPSA) is 55.8 Å². The molecular formula is C44H84O4. The van der Waals surface area contributed by atoms with Gasteiger partial charge in [0.2, 0.25) is 0 Å². The maximum Gasteiger partial charge on any atom is 0.306 e. The predicted molar refractivity (Wildman–Crippen MR) is 210 cm³/mol. The third-order valence-corrected chi connectivity index (χ3v) is 9.53. The minimum Gasteiger partial charge on any atom is -0.457 e. The summed E-state index contributed by atoms with van der Waals surface area (Å²) in [6.45, 7) is 5.32. The quantitative estimate of drug-likeness (QED) is 0.0399. The first-order valence-electron chi connectivity index (χ1n) is 21.4. The van der Waals surface area contributed by atoms with Crippen molar-refractivity contribution in [2.75, 3.05) is 19.8 Å². The van der Waals surface area contributed by atoms with Gasteiger partial charge in [-0.25, -0.2) is 0 Å². The van der Waals surface area contributed by atoms with Crippen molar-refractivity contribution in [3.8, 4) is 0 Å². The molecule has 0 aliphatic carbocycles. The average molecular weight is 677 g/mol. The van der Waals surface area contributed by atoms with Gasteiger partial charge < -0.3 is 14.6 Å². The van der Waals surface area contributed by atoms with Crippen LogP contribution in [0.2, 0.25) is 0 Å². The van der Waals surface area contributed by atoms with Gasteiger partial charge in [-0.15, -0.1) is 0 Å². The van der Waals surface area contributed by atoms with Gasteiger partial charge >= 0.3 is 5.97 Å². The second kappa shape index (κ2) is 42.0. The highest BCUT2D eigenvalue weighted by Crippen LogP contribution is 2.16. The first-order valence-corrected chi connectivity index (χ1v) is 21.4. The largest absolute Gasteiger partial charge is 0.457 e. The summed E-state index contributed by atoms with van der Waals surface area (Å²) in [6, 6.07) is 0. The second-order valence-electron chi connectivity index (χ2n) is 14.4. The molecule has 1 N–H and O–H groups in total. The van der Waals surface area contributed by atoms with Crippen LogP contribution in [0.4, 0.5) is 0 Å². The zero-order chi connectivity index (χ0) is 34.9. The molecule has 48 heavy (non-hydrogen) atoms. The van der Waals surface area contributed by atoms with Crippen LogP contribution < -0.4 is 0 Å². The van der Waals surface area contributed by atoms with Gasteiger partial charge in [0.05, 0.1) is 13.2 Å². The molecule has 1 unspecified atom stereocenters. The predicted octanol–water partition coefficient (Wildman–Crippen LogP) is 13.9. The van der Waals surface area contributed by atoms with Crippen LogP contribution in [0.1, 0.15) is 226 Å². The number of allylic oxidation sites excluding steroid dienone is 4. The zero-order valence-electron chi connectivity index (χ0n) is 32.5. The Bertz CT molecular complexity index is 673. The van der Waals surface area contributed by atoms with Crippen LogP contribution in [-0.4, -0.2) is 37.0 Å². The maximum absolute atomic E-state index is 12.2. The number of ether oxygens (including phenoxy) is 2. The van der Waals surface area contributed by atoms with E-state index in [4.69, 9.17) is 9.47 Å². The highest BCUT2D eigenvalue weighted by Gasteiger charge is 2.13. The minimum absolute atomic E-state index is 0.172. The monoisotopic (exact) mass is 677 g/mol. The van der Waals surface area contributed by atoms with Crippen molar-refractivity contribution in [2.24, 2.45) is 0 Å². The van der Waals surface area contributed by atoms with Gasteiger partial charge in [-0.2, -0.15) is 0 Å². The Morgan fingerprint density at radius 1 is 0.500 bits per heavy atom. The highest BCUT2D eigenvalue weighted by molar-refractivity contribution is 5.69. The molecule has 0 saturated carbocycles. The minimum atomic E-state index is -0.535. The van der Waals surface area contributed by atoms with Crippen LogP contribution in [0, 0.1) is 0 Å². The van der Waals surface area contributed by atoms with Gasteiger partial charge in [0.25, 0.3) is 0 Å². The van der Waals surface area contributed by atoms with E-state index in [0.29, 0.717) is 19.6 Å². The molecule has 0 spiro atoms. The van der Waals surface area contributed by atoms with E-state index in [1.807, 2.05) is 0 Å². The van der Waals surface area contributed by atoms with E-state index in [9.17, 15) is 9.90 Å². The molecule has 4 nitrogen and oxygen atoms in total. The van der Waals surface area contributed by atoms with Crippen LogP contribution in [0.5, 0.6) is 0 Å². The Balaban J connectivity index is 3.39. The summed E-state index contributed by atoms with van der Waals surface area (Å²) in [6.07, 6.45) is 50.9. The van der Waals surface area contributed by atoms with Crippen molar-refractivity contribution in [3.63, 3.8) is 0 Å². The number of esters is 1. The molecule has 0 saturated heterocycles. The summed E-state index contributed by atoms with van der Waals surface area (Å²) < 4.78 is 11.1. The van der Waals surface area contributed by atoms with Gasteiger partial charge in [0.15, 0.2) is 0 Å². The van der Waals surface area contributed by atoms with Gasteiger partial charge in [0.1, 0.15) is 6.10 Å². The molecule has 0 aromatic rings. The Morgan fingerprint density at radius 3 is 1.35 bits per heavy atom. The molecule has 0 radical (unpaired) electrons. The van der Waals surface area contributed by atoms with E-state index in [1.54, 1.807) is 0 Å². The third-order valence-electron chi connectivity index (χ3n) is 9.53. The van der Waals surface area contributed by atoms with Crippen molar-refractivity contribution in [2.45, 2.75) is 232 Å². The number of carbonyl (C=O) groups is 1. The van der Waals surface area contributed by atoms with Gasteiger partial charge in [0, 0.05) is 13.0 Å². The Hall–Kier alpha value is -1.13. The number of unbranched alkanes of at least 4 members (excludes halogenated alkanes) is 28. The highest BCUT2D eigenvalue weighted by atomic mass is 16.6. The van der Waals surface area contributed by atoms with Gasteiger partial charge in [-0.05, 0) is 38.5 Å². The lowest BCUT2D eigenvalue weighted by Crippen LogP contribution is -2.27. The molecule has 0 rings (SSSR count). The number of carbonyl (C=O) groups excluding carboxylic acids is 1. The number of aliphatic hydroxyl groups excluding tert-OH is 1. The summed E-state index contributed by atoms with van der Waals surface area (Å²) in [5, 5.41) is 9.59. The smallest absolute Gasteiger partial charge is 0.306 e. The SMILES string of the molecule is CCCC/C=C\C/C=C\CCCCCCCCOCC(CO)OC(=O)CCCCCCCCCCCCCCCCCCCCCCC. The molecule has 0 amide bonds. The van der Waals surface area contributed by atoms with E-state index in [-0.39, 0.29) is 12.6 Å². The van der Waals surface area contributed by atoms with E-state index in [2.05, 4.69) is 38.2 Å². The number of aliphatic hydroxyl groups is 1. The van der Waals surface area contributed by atoms with E-state index >= 15 is 0 Å². The Kier molecular flexibility index (Phi) is 41.0. The average Bonchev–Trinajstić information content (AvgIpc) is 3.09. The van der Waals surface area contributed by atoms with Crippen molar-refractivity contribution in [1.82, 2.24) is 0 Å². The summed E-state index contributed by atoms with van der Waals surface area (Å²) >= 11 is 0. The number of hydrogen-bond acceptors (Lipinski definition) is 4. The lowest BCUT2D eigenvalue weighted by molar-refractivity contribution is -0.154. The van der Waals surface area contributed by atoms with Crippen LogP contribution in [-0.2, 0) is 14.3 Å². The summed E-state index contributed by atoms with van der Waals surface area (Å²) in [5.74, 6) is -0.200. The van der Waals surface area contributed by atoms with Gasteiger partial charge in [-0.3, -0.25) is 4.79 Å². The summed E-state index contributed by atoms with van der Waals surface area (Å²) in [7, 11) is 0. The number of rotatable bonds is 40. The van der Waals surface area contributed by atoms with Crippen molar-refractivity contribution in [3.05, 3.63) is 24.3 Å².